The van der Waals surface area contributed by atoms with Gasteiger partial charge in [0, 0.05) is 39.3 Å². The van der Waals surface area contributed by atoms with Gasteiger partial charge in [0.1, 0.15) is 5.69 Å². The number of carbonyl (C=O) groups excluding carboxylic acids is 1. The van der Waals surface area contributed by atoms with Crippen LogP contribution < -0.4 is 10.9 Å². The molecule has 6 heteroatoms. The highest BCUT2D eigenvalue weighted by atomic mass is 16.2. The van der Waals surface area contributed by atoms with Crippen molar-refractivity contribution < 1.29 is 4.79 Å². The number of aromatic nitrogens is 2. The molecular weight excluding hydrogens is 268 g/mol. The van der Waals surface area contributed by atoms with Gasteiger partial charge in [-0.1, -0.05) is 13.8 Å². The van der Waals surface area contributed by atoms with Crippen molar-refractivity contribution in [3.8, 4) is 0 Å². The van der Waals surface area contributed by atoms with E-state index in [-0.39, 0.29) is 17.2 Å². The lowest BCUT2D eigenvalue weighted by molar-refractivity contribution is 0.0929. The normalized spacial score (nSPS) is 23.0. The number of carbonyl (C=O) groups is 1. The van der Waals surface area contributed by atoms with Gasteiger partial charge in [0.2, 0.25) is 0 Å². The van der Waals surface area contributed by atoms with E-state index in [2.05, 4.69) is 29.2 Å². The molecule has 116 valence electrons. The Balaban J connectivity index is 1.81. The Bertz CT molecular complexity index is 545. The summed E-state index contributed by atoms with van der Waals surface area (Å²) in [7, 11) is 1.54. The number of nitrogens with one attached hydrogen (secondary N) is 1. The molecule has 0 saturated carbocycles. The number of rotatable bonds is 4. The van der Waals surface area contributed by atoms with E-state index in [1.807, 2.05) is 0 Å². The van der Waals surface area contributed by atoms with Crippen molar-refractivity contribution in [1.82, 2.24) is 20.0 Å². The fourth-order valence-electron chi connectivity index (χ4n) is 3.02. The van der Waals surface area contributed by atoms with Gasteiger partial charge in [-0.25, -0.2) is 4.68 Å². The highest BCUT2D eigenvalue weighted by Gasteiger charge is 2.21. The van der Waals surface area contributed by atoms with Crippen LogP contribution in [0.3, 0.4) is 0 Å². The predicted octanol–water partition coefficient (Wildman–Crippen LogP) is 0.488. The molecule has 2 atom stereocenters. The van der Waals surface area contributed by atoms with Gasteiger partial charge in [-0.15, -0.1) is 0 Å². The molecule has 2 unspecified atom stereocenters. The molecule has 1 fully saturated rings. The third-order valence-electron chi connectivity index (χ3n) is 3.85. The second-order valence-electron chi connectivity index (χ2n) is 6.14. The van der Waals surface area contributed by atoms with E-state index >= 15 is 0 Å². The smallest absolute Gasteiger partial charge is 0.271 e. The number of aryl methyl sites for hydroxylation is 1. The zero-order chi connectivity index (χ0) is 15.4. The topological polar surface area (TPSA) is 67.2 Å². The van der Waals surface area contributed by atoms with Crippen LogP contribution in [-0.2, 0) is 7.05 Å². The number of hydrogen-bond donors (Lipinski definition) is 1. The van der Waals surface area contributed by atoms with Gasteiger partial charge in [-0.2, -0.15) is 5.10 Å². The maximum Gasteiger partial charge on any atom is 0.271 e. The Morgan fingerprint density at radius 3 is 2.62 bits per heavy atom. The lowest BCUT2D eigenvalue weighted by Crippen LogP contribution is -2.43. The monoisotopic (exact) mass is 292 g/mol. The molecule has 0 aromatic carbocycles. The van der Waals surface area contributed by atoms with E-state index in [1.165, 1.54) is 30.3 Å². The van der Waals surface area contributed by atoms with E-state index in [0.717, 1.165) is 31.5 Å². The van der Waals surface area contributed by atoms with E-state index in [4.69, 9.17) is 0 Å². The van der Waals surface area contributed by atoms with E-state index in [1.54, 1.807) is 0 Å². The minimum Gasteiger partial charge on any atom is -0.349 e. The largest absolute Gasteiger partial charge is 0.349 e. The minimum atomic E-state index is -0.233. The van der Waals surface area contributed by atoms with Gasteiger partial charge in [0.25, 0.3) is 11.5 Å². The van der Waals surface area contributed by atoms with Gasteiger partial charge in [0.15, 0.2) is 0 Å². The Morgan fingerprint density at radius 2 is 2.00 bits per heavy atom. The van der Waals surface area contributed by atoms with Crippen LogP contribution in [0, 0.1) is 11.8 Å². The Kier molecular flexibility index (Phi) is 5.12. The average molecular weight is 292 g/mol. The van der Waals surface area contributed by atoms with Crippen LogP contribution in [0.2, 0.25) is 0 Å². The molecule has 2 heterocycles. The first-order chi connectivity index (χ1) is 9.95. The van der Waals surface area contributed by atoms with Crippen LogP contribution in [-0.4, -0.2) is 46.8 Å². The van der Waals surface area contributed by atoms with Gasteiger partial charge in [-0.3, -0.25) is 9.59 Å². The lowest BCUT2D eigenvalue weighted by Gasteiger charge is -2.34. The maximum absolute atomic E-state index is 12.0. The third kappa shape index (κ3) is 4.39. The standard InChI is InChI=1S/C15H24N4O2/c1-11-8-12(2)10-19(9-11)7-6-16-15(21)13-4-5-14(20)18(3)17-13/h4-5,11-12H,6-10H2,1-3H3,(H,16,21). The summed E-state index contributed by atoms with van der Waals surface area (Å²) in [5.41, 5.74) is 0.0559. The summed E-state index contributed by atoms with van der Waals surface area (Å²) in [5, 5.41) is 6.80. The predicted molar refractivity (Wildman–Crippen MR) is 81.2 cm³/mol. The first-order valence-electron chi connectivity index (χ1n) is 7.50. The summed E-state index contributed by atoms with van der Waals surface area (Å²) in [5.74, 6) is 1.20. The molecule has 1 aliphatic rings. The molecule has 0 spiro atoms. The summed E-state index contributed by atoms with van der Waals surface area (Å²) in [6, 6.07) is 2.82. The number of amides is 1. The molecular formula is C15H24N4O2. The number of hydrogen-bond acceptors (Lipinski definition) is 4. The van der Waals surface area contributed by atoms with Crippen LogP contribution >= 0.6 is 0 Å². The highest BCUT2D eigenvalue weighted by molar-refractivity contribution is 5.91. The Labute approximate surface area is 125 Å². The van der Waals surface area contributed by atoms with E-state index in [0.29, 0.717) is 6.54 Å². The van der Waals surface area contributed by atoms with Crippen molar-refractivity contribution in [2.45, 2.75) is 20.3 Å². The molecule has 1 aromatic heterocycles. The zero-order valence-electron chi connectivity index (χ0n) is 13.0. The van der Waals surface area contributed by atoms with Crippen molar-refractivity contribution in [3.63, 3.8) is 0 Å². The average Bonchev–Trinajstić information content (AvgIpc) is 2.40. The highest BCUT2D eigenvalue weighted by Crippen LogP contribution is 2.20. The molecule has 6 nitrogen and oxygen atoms in total. The fraction of sp³-hybridized carbons (Fsp3) is 0.667. The summed E-state index contributed by atoms with van der Waals surface area (Å²) >= 11 is 0. The molecule has 21 heavy (non-hydrogen) atoms. The van der Waals surface area contributed by atoms with Crippen LogP contribution in [0.15, 0.2) is 16.9 Å². The second kappa shape index (κ2) is 6.85. The fourth-order valence-corrected chi connectivity index (χ4v) is 3.02. The quantitative estimate of drug-likeness (QED) is 0.877. The van der Waals surface area contributed by atoms with Crippen LogP contribution in [0.5, 0.6) is 0 Å². The molecule has 2 rings (SSSR count). The molecule has 1 aromatic rings. The number of piperidine rings is 1. The summed E-state index contributed by atoms with van der Waals surface area (Å²) in [6.07, 6.45) is 1.28. The third-order valence-corrected chi connectivity index (χ3v) is 3.85. The maximum atomic E-state index is 12.0. The van der Waals surface area contributed by atoms with Crippen LogP contribution in [0.4, 0.5) is 0 Å². The molecule has 0 bridgehead atoms. The van der Waals surface area contributed by atoms with Crippen LogP contribution in [0.1, 0.15) is 30.8 Å². The summed E-state index contributed by atoms with van der Waals surface area (Å²) in [6.45, 7) is 8.19. The van der Waals surface area contributed by atoms with Gasteiger partial charge in [0.05, 0.1) is 0 Å². The molecule has 1 aliphatic heterocycles. The molecule has 1 amide bonds. The molecule has 1 saturated heterocycles. The Hall–Kier alpha value is -1.69. The SMILES string of the molecule is CC1CC(C)CN(CCNC(=O)c2ccc(=O)n(C)n2)C1. The number of nitrogens with zero attached hydrogens (tertiary/aromatic N) is 3. The first-order valence-corrected chi connectivity index (χ1v) is 7.50. The summed E-state index contributed by atoms with van der Waals surface area (Å²) < 4.78 is 1.17. The van der Waals surface area contributed by atoms with Crippen molar-refractivity contribution in [2.24, 2.45) is 18.9 Å². The van der Waals surface area contributed by atoms with Crippen molar-refractivity contribution >= 4 is 5.91 Å². The Morgan fingerprint density at radius 1 is 1.33 bits per heavy atom. The summed E-state index contributed by atoms with van der Waals surface area (Å²) in [4.78, 5) is 25.6. The van der Waals surface area contributed by atoms with E-state index < -0.39 is 0 Å². The lowest BCUT2D eigenvalue weighted by atomic mass is 9.92. The van der Waals surface area contributed by atoms with Crippen molar-refractivity contribution in [2.75, 3.05) is 26.2 Å². The van der Waals surface area contributed by atoms with Gasteiger partial charge < -0.3 is 10.2 Å². The minimum absolute atomic E-state index is 0.220. The first kappa shape index (κ1) is 15.7. The second-order valence-corrected chi connectivity index (χ2v) is 6.14. The number of likely N-dealkylation sites (tertiary alicyclic amines) is 1. The van der Waals surface area contributed by atoms with E-state index in [9.17, 15) is 9.59 Å². The van der Waals surface area contributed by atoms with Crippen molar-refractivity contribution in [3.05, 3.63) is 28.2 Å². The molecule has 0 radical (unpaired) electrons. The van der Waals surface area contributed by atoms with Gasteiger partial charge >= 0.3 is 0 Å². The van der Waals surface area contributed by atoms with Crippen LogP contribution in [0.25, 0.3) is 0 Å². The molecule has 0 aliphatic carbocycles. The molecule has 1 N–H and O–H groups in total. The van der Waals surface area contributed by atoms with Crippen molar-refractivity contribution in [1.29, 1.82) is 0 Å². The van der Waals surface area contributed by atoms with Gasteiger partial charge in [-0.05, 0) is 24.3 Å². The zero-order valence-corrected chi connectivity index (χ0v) is 13.0.